The van der Waals surface area contributed by atoms with Crippen LogP contribution >= 0.6 is 11.8 Å². The SMILES string of the molecule is COc1cc(/C=N\NC(=O)CSc2nnc(-c3ccc(C)cc3)n2C)ccc1O. The number of thioether (sulfide) groups is 1. The minimum Gasteiger partial charge on any atom is -0.504 e. The Morgan fingerprint density at radius 2 is 2.03 bits per heavy atom. The van der Waals surface area contributed by atoms with Crippen LogP contribution in [0.3, 0.4) is 0 Å². The zero-order valence-electron chi connectivity index (χ0n) is 16.3. The van der Waals surface area contributed by atoms with Crippen molar-refractivity contribution in [3.8, 4) is 22.9 Å². The number of hydrogen-bond donors (Lipinski definition) is 2. The molecule has 2 aromatic carbocycles. The number of phenolic OH excluding ortho intramolecular Hbond substituents is 1. The first-order chi connectivity index (χ1) is 14.0. The van der Waals surface area contributed by atoms with Crippen LogP contribution in [0.4, 0.5) is 0 Å². The van der Waals surface area contributed by atoms with E-state index < -0.39 is 0 Å². The number of carbonyl (C=O) groups is 1. The van der Waals surface area contributed by atoms with Gasteiger partial charge in [0.05, 0.1) is 19.1 Å². The summed E-state index contributed by atoms with van der Waals surface area (Å²) in [6.07, 6.45) is 1.47. The molecule has 8 nitrogen and oxygen atoms in total. The van der Waals surface area contributed by atoms with E-state index in [1.165, 1.54) is 36.7 Å². The topological polar surface area (TPSA) is 102 Å². The minimum absolute atomic E-state index is 0.0405. The lowest BCUT2D eigenvalue weighted by Gasteiger charge is -2.04. The van der Waals surface area contributed by atoms with Gasteiger partial charge in [-0.1, -0.05) is 41.6 Å². The monoisotopic (exact) mass is 411 g/mol. The Morgan fingerprint density at radius 3 is 2.76 bits per heavy atom. The van der Waals surface area contributed by atoms with Gasteiger partial charge in [-0.3, -0.25) is 4.79 Å². The fourth-order valence-corrected chi connectivity index (χ4v) is 3.21. The number of methoxy groups -OCH3 is 1. The minimum atomic E-state index is -0.267. The highest BCUT2D eigenvalue weighted by molar-refractivity contribution is 7.99. The van der Waals surface area contributed by atoms with Crippen LogP contribution in [0.2, 0.25) is 0 Å². The predicted molar refractivity (Wildman–Crippen MR) is 112 cm³/mol. The van der Waals surface area contributed by atoms with Gasteiger partial charge in [0.2, 0.25) is 0 Å². The second kappa shape index (κ2) is 9.24. The molecule has 0 aliphatic heterocycles. The number of ether oxygens (including phenoxy) is 1. The van der Waals surface area contributed by atoms with E-state index in [9.17, 15) is 9.90 Å². The molecular weight excluding hydrogens is 390 g/mol. The first kappa shape index (κ1) is 20.4. The molecule has 0 saturated heterocycles. The highest BCUT2D eigenvalue weighted by Gasteiger charge is 2.12. The van der Waals surface area contributed by atoms with Crippen LogP contribution in [0.15, 0.2) is 52.7 Å². The maximum absolute atomic E-state index is 12.0. The number of phenols is 1. The van der Waals surface area contributed by atoms with Crippen LogP contribution < -0.4 is 10.2 Å². The van der Waals surface area contributed by atoms with Crippen LogP contribution in [0.5, 0.6) is 11.5 Å². The van der Waals surface area contributed by atoms with Crippen molar-refractivity contribution in [1.82, 2.24) is 20.2 Å². The fraction of sp³-hybridized carbons (Fsp3) is 0.200. The van der Waals surface area contributed by atoms with Crippen LogP contribution in [0.1, 0.15) is 11.1 Å². The highest BCUT2D eigenvalue weighted by Crippen LogP contribution is 2.25. The number of aromatic nitrogens is 3. The molecule has 3 aromatic rings. The molecule has 0 unspecified atom stereocenters. The van der Waals surface area contributed by atoms with Gasteiger partial charge in [-0.15, -0.1) is 10.2 Å². The third-order valence-electron chi connectivity index (χ3n) is 4.08. The second-order valence-corrected chi connectivity index (χ2v) is 7.19. The van der Waals surface area contributed by atoms with Gasteiger partial charge in [0.1, 0.15) is 0 Å². The molecule has 1 aromatic heterocycles. The van der Waals surface area contributed by atoms with Crippen molar-refractivity contribution in [3.05, 3.63) is 53.6 Å². The standard InChI is InChI=1S/C20H21N5O3S/c1-13-4-7-15(8-5-13)19-23-24-20(25(19)2)29-12-18(27)22-21-11-14-6-9-16(26)17(10-14)28-3/h4-11,26H,12H2,1-3H3,(H,22,27)/b21-11-. The lowest BCUT2D eigenvalue weighted by molar-refractivity contribution is -0.118. The predicted octanol–water partition coefficient (Wildman–Crippen LogP) is 2.75. The Kier molecular flexibility index (Phi) is 6.50. The number of aromatic hydroxyl groups is 1. The average molecular weight is 411 g/mol. The van der Waals surface area contributed by atoms with Gasteiger partial charge >= 0.3 is 0 Å². The maximum Gasteiger partial charge on any atom is 0.250 e. The van der Waals surface area contributed by atoms with E-state index in [-0.39, 0.29) is 17.4 Å². The molecule has 150 valence electrons. The molecule has 29 heavy (non-hydrogen) atoms. The number of carbonyl (C=O) groups excluding carboxylic acids is 1. The van der Waals surface area contributed by atoms with Crippen molar-refractivity contribution in [2.75, 3.05) is 12.9 Å². The van der Waals surface area contributed by atoms with Gasteiger partial charge in [0, 0.05) is 12.6 Å². The number of hydrazone groups is 1. The zero-order chi connectivity index (χ0) is 20.8. The smallest absolute Gasteiger partial charge is 0.250 e. The summed E-state index contributed by atoms with van der Waals surface area (Å²) in [5.74, 6) is 1.00. The number of amides is 1. The van der Waals surface area contributed by atoms with Gasteiger partial charge in [-0.05, 0) is 30.7 Å². The third-order valence-corrected chi connectivity index (χ3v) is 5.10. The van der Waals surface area contributed by atoms with E-state index in [0.29, 0.717) is 16.5 Å². The molecule has 0 bridgehead atoms. The van der Waals surface area contributed by atoms with Crippen molar-refractivity contribution in [2.45, 2.75) is 12.1 Å². The normalized spacial score (nSPS) is 11.0. The van der Waals surface area contributed by atoms with E-state index in [0.717, 1.165) is 11.4 Å². The molecule has 0 aliphatic rings. The van der Waals surface area contributed by atoms with Crippen molar-refractivity contribution in [3.63, 3.8) is 0 Å². The summed E-state index contributed by atoms with van der Waals surface area (Å²) in [4.78, 5) is 12.0. The Bertz CT molecular complexity index is 1030. The molecule has 0 atom stereocenters. The molecular formula is C20H21N5O3S. The molecule has 0 aliphatic carbocycles. The van der Waals surface area contributed by atoms with E-state index in [1.54, 1.807) is 12.1 Å². The number of aryl methyl sites for hydroxylation is 1. The summed E-state index contributed by atoms with van der Waals surface area (Å²) in [5.41, 5.74) is 5.29. The highest BCUT2D eigenvalue weighted by atomic mass is 32.2. The number of hydrogen-bond acceptors (Lipinski definition) is 7. The lowest BCUT2D eigenvalue weighted by atomic mass is 10.1. The fourth-order valence-electron chi connectivity index (χ4n) is 2.51. The summed E-state index contributed by atoms with van der Waals surface area (Å²) in [7, 11) is 3.33. The molecule has 3 rings (SSSR count). The zero-order valence-corrected chi connectivity index (χ0v) is 17.1. The Hall–Kier alpha value is -3.33. The lowest BCUT2D eigenvalue weighted by Crippen LogP contribution is -2.19. The summed E-state index contributed by atoms with van der Waals surface area (Å²) >= 11 is 1.28. The van der Waals surface area contributed by atoms with Gasteiger partial charge in [-0.2, -0.15) is 5.10 Å². The van der Waals surface area contributed by atoms with Crippen molar-refractivity contribution < 1.29 is 14.6 Å². The van der Waals surface area contributed by atoms with Gasteiger partial charge < -0.3 is 14.4 Å². The quantitative estimate of drug-likeness (QED) is 0.352. The average Bonchev–Trinajstić information content (AvgIpc) is 3.08. The van der Waals surface area contributed by atoms with Crippen LogP contribution in [0.25, 0.3) is 11.4 Å². The number of benzene rings is 2. The third kappa shape index (κ3) is 5.14. The van der Waals surface area contributed by atoms with Gasteiger partial charge in [0.15, 0.2) is 22.5 Å². The van der Waals surface area contributed by atoms with E-state index in [1.807, 2.05) is 42.8 Å². The van der Waals surface area contributed by atoms with Crippen LogP contribution in [0, 0.1) is 6.92 Å². The summed E-state index contributed by atoms with van der Waals surface area (Å²) in [6.45, 7) is 2.03. The number of nitrogens with zero attached hydrogens (tertiary/aromatic N) is 4. The number of rotatable bonds is 7. The molecule has 2 N–H and O–H groups in total. The maximum atomic E-state index is 12.0. The summed E-state index contributed by atoms with van der Waals surface area (Å²) in [6, 6.07) is 12.8. The first-order valence-corrected chi connectivity index (χ1v) is 9.74. The number of nitrogens with one attached hydrogen (secondary N) is 1. The summed E-state index contributed by atoms with van der Waals surface area (Å²) in [5, 5.41) is 22.5. The Balaban J connectivity index is 1.55. The molecule has 1 heterocycles. The molecule has 0 fully saturated rings. The first-order valence-electron chi connectivity index (χ1n) is 8.76. The van der Waals surface area contributed by atoms with Crippen molar-refractivity contribution in [2.24, 2.45) is 12.1 Å². The second-order valence-electron chi connectivity index (χ2n) is 6.24. The molecule has 0 saturated carbocycles. The van der Waals surface area contributed by atoms with E-state index in [4.69, 9.17) is 4.74 Å². The van der Waals surface area contributed by atoms with Crippen molar-refractivity contribution >= 4 is 23.9 Å². The van der Waals surface area contributed by atoms with Gasteiger partial charge in [0.25, 0.3) is 5.91 Å². The molecule has 9 heteroatoms. The Labute approximate surface area is 172 Å². The Morgan fingerprint density at radius 1 is 1.28 bits per heavy atom. The van der Waals surface area contributed by atoms with Crippen LogP contribution in [-0.2, 0) is 11.8 Å². The molecule has 0 spiro atoms. The van der Waals surface area contributed by atoms with Crippen LogP contribution in [-0.4, -0.2) is 44.9 Å². The molecule has 1 amide bonds. The van der Waals surface area contributed by atoms with Crippen molar-refractivity contribution in [1.29, 1.82) is 0 Å². The largest absolute Gasteiger partial charge is 0.504 e. The van der Waals surface area contributed by atoms with E-state index in [2.05, 4.69) is 20.7 Å². The summed E-state index contributed by atoms with van der Waals surface area (Å²) < 4.78 is 6.89. The van der Waals surface area contributed by atoms with Gasteiger partial charge in [-0.25, -0.2) is 5.43 Å². The molecule has 0 radical (unpaired) electrons. The van der Waals surface area contributed by atoms with E-state index >= 15 is 0 Å².